The zero-order chi connectivity index (χ0) is 22.9. The van der Waals surface area contributed by atoms with Crippen LogP contribution in [-0.4, -0.2) is 39.5 Å². The Labute approximate surface area is 197 Å². The van der Waals surface area contributed by atoms with Crippen molar-refractivity contribution in [1.82, 2.24) is 14.7 Å². The number of thiophene rings is 1. The van der Waals surface area contributed by atoms with Crippen LogP contribution in [0.15, 0.2) is 72.4 Å². The Morgan fingerprint density at radius 3 is 2.52 bits per heavy atom. The third-order valence-corrected chi connectivity index (χ3v) is 7.24. The smallest absolute Gasteiger partial charge is 0.253 e. The molecule has 0 bridgehead atoms. The molecule has 33 heavy (non-hydrogen) atoms. The van der Waals surface area contributed by atoms with Crippen molar-refractivity contribution in [2.45, 2.75) is 19.3 Å². The summed E-state index contributed by atoms with van der Waals surface area (Å²) < 4.78 is 1.80. The number of aryl methyl sites for hydroxylation is 2. The molecule has 0 atom stereocenters. The maximum Gasteiger partial charge on any atom is 0.253 e. The van der Waals surface area contributed by atoms with Crippen molar-refractivity contribution < 1.29 is 9.59 Å². The van der Waals surface area contributed by atoms with Crippen LogP contribution in [0.5, 0.6) is 0 Å². The lowest BCUT2D eigenvalue weighted by atomic mass is 9.89. The van der Waals surface area contributed by atoms with E-state index < -0.39 is 0 Å². The Morgan fingerprint density at radius 2 is 1.85 bits per heavy atom. The predicted molar refractivity (Wildman–Crippen MR) is 131 cm³/mol. The molecule has 1 aliphatic heterocycles. The second-order valence-corrected chi connectivity index (χ2v) is 9.60. The Balaban J connectivity index is 1.23. The van der Waals surface area contributed by atoms with Crippen molar-refractivity contribution in [1.29, 1.82) is 0 Å². The minimum Gasteiger partial charge on any atom is -0.337 e. The predicted octanol–water partition coefficient (Wildman–Crippen LogP) is 5.12. The van der Waals surface area contributed by atoms with Gasteiger partial charge < -0.3 is 4.90 Å². The summed E-state index contributed by atoms with van der Waals surface area (Å²) in [4.78, 5) is 28.2. The third kappa shape index (κ3) is 4.39. The molecule has 1 amide bonds. The molecule has 1 saturated heterocycles. The third-order valence-electron chi connectivity index (χ3n) is 6.33. The van der Waals surface area contributed by atoms with E-state index in [0.717, 1.165) is 27.1 Å². The molecule has 0 aliphatic carbocycles. The molecule has 0 N–H and O–H groups in total. The van der Waals surface area contributed by atoms with Crippen LogP contribution in [0.1, 0.15) is 42.6 Å². The maximum atomic E-state index is 13.1. The van der Waals surface area contributed by atoms with Crippen LogP contribution in [0.4, 0.5) is 0 Å². The molecule has 0 saturated carbocycles. The molecule has 0 unspecified atom stereocenters. The minimum absolute atomic E-state index is 0.0306. The van der Waals surface area contributed by atoms with E-state index in [4.69, 9.17) is 0 Å². The van der Waals surface area contributed by atoms with Gasteiger partial charge in [-0.2, -0.15) is 5.10 Å². The summed E-state index contributed by atoms with van der Waals surface area (Å²) in [7, 11) is 1.91. The van der Waals surface area contributed by atoms with Crippen molar-refractivity contribution in [3.63, 3.8) is 0 Å². The first kappa shape index (κ1) is 21.3. The number of nitrogens with zero attached hydrogens (tertiary/aromatic N) is 3. The number of carbonyl (C=O) groups is 2. The highest BCUT2D eigenvalue weighted by molar-refractivity contribution is 7.12. The molecular weight excluding hydrogens is 430 g/mol. The van der Waals surface area contributed by atoms with Crippen molar-refractivity contribution in [2.24, 2.45) is 7.05 Å². The van der Waals surface area contributed by atoms with Crippen molar-refractivity contribution in [3.05, 3.63) is 99.5 Å². The zero-order valence-corrected chi connectivity index (χ0v) is 19.5. The van der Waals surface area contributed by atoms with Gasteiger partial charge in [-0.15, -0.1) is 11.3 Å². The van der Waals surface area contributed by atoms with E-state index in [1.165, 1.54) is 16.9 Å². The van der Waals surface area contributed by atoms with Gasteiger partial charge in [0.05, 0.1) is 11.1 Å². The average Bonchev–Trinajstić information content (AvgIpc) is 3.47. The van der Waals surface area contributed by atoms with E-state index in [1.54, 1.807) is 4.68 Å². The molecule has 0 spiro atoms. The summed E-state index contributed by atoms with van der Waals surface area (Å²) in [5.41, 5.74) is 6.09. The Morgan fingerprint density at radius 1 is 1.06 bits per heavy atom. The molecular formula is C27H25N3O2S. The van der Waals surface area contributed by atoms with Crippen molar-refractivity contribution >= 4 is 23.0 Å². The number of rotatable bonds is 6. The van der Waals surface area contributed by atoms with E-state index in [-0.39, 0.29) is 11.7 Å². The standard InChI is InChI=1S/C27H25N3O2S/c1-18-5-6-21(12-22(18)13-25(31)26-4-3-11-33-26)27(32)30-16-24(17-30)20-9-7-19(8-10-20)23-14-28-29(2)15-23/h3-12,14-15,24H,13,16-17H2,1-2H3. The number of ketones is 1. The topological polar surface area (TPSA) is 55.2 Å². The molecule has 2 aromatic heterocycles. The summed E-state index contributed by atoms with van der Waals surface area (Å²) in [5.74, 6) is 0.474. The number of amides is 1. The highest BCUT2D eigenvalue weighted by atomic mass is 32.1. The SMILES string of the molecule is Cc1ccc(C(=O)N2CC(c3ccc(-c4cnn(C)c4)cc3)C2)cc1CC(=O)c1cccs1. The quantitative estimate of drug-likeness (QED) is 0.379. The van der Waals surface area contributed by atoms with E-state index in [9.17, 15) is 9.59 Å². The second kappa shape index (κ2) is 8.79. The molecule has 5 nitrogen and oxygen atoms in total. The first-order valence-corrected chi connectivity index (χ1v) is 11.9. The average molecular weight is 456 g/mol. The van der Waals surface area contributed by atoms with Gasteiger partial charge in [0.2, 0.25) is 0 Å². The van der Waals surface area contributed by atoms with E-state index in [1.807, 2.05) is 67.0 Å². The molecule has 6 heteroatoms. The number of hydrogen-bond acceptors (Lipinski definition) is 4. The molecule has 4 aromatic rings. The first-order chi connectivity index (χ1) is 16.0. The summed E-state index contributed by atoms with van der Waals surface area (Å²) in [6, 6.07) is 18.0. The number of carbonyl (C=O) groups excluding carboxylic acids is 2. The minimum atomic E-state index is 0.0306. The fourth-order valence-electron chi connectivity index (χ4n) is 4.25. The fraction of sp³-hybridized carbons (Fsp3) is 0.222. The second-order valence-electron chi connectivity index (χ2n) is 8.65. The lowest BCUT2D eigenvalue weighted by molar-refractivity contribution is 0.0602. The van der Waals surface area contributed by atoms with Crippen molar-refractivity contribution in [3.8, 4) is 11.1 Å². The molecule has 2 aromatic carbocycles. The van der Waals surface area contributed by atoms with Crippen molar-refractivity contribution in [2.75, 3.05) is 13.1 Å². The number of aromatic nitrogens is 2. The fourth-order valence-corrected chi connectivity index (χ4v) is 4.91. The summed E-state index contributed by atoms with van der Waals surface area (Å²) in [6.07, 6.45) is 4.19. The Hall–Kier alpha value is -3.51. The van der Waals surface area contributed by atoms with Gasteiger partial charge in [0.1, 0.15) is 0 Å². The van der Waals surface area contributed by atoms with E-state index >= 15 is 0 Å². The molecule has 5 rings (SSSR count). The number of hydrogen-bond donors (Lipinski definition) is 0. The van der Waals surface area contributed by atoms with E-state index in [0.29, 0.717) is 31.0 Å². The maximum absolute atomic E-state index is 13.1. The van der Waals surface area contributed by atoms with Crippen LogP contribution in [-0.2, 0) is 13.5 Å². The van der Waals surface area contributed by atoms with Crippen LogP contribution < -0.4 is 0 Å². The molecule has 166 valence electrons. The lowest BCUT2D eigenvalue weighted by Crippen LogP contribution is -2.48. The zero-order valence-electron chi connectivity index (χ0n) is 18.7. The Kier molecular flexibility index (Phi) is 5.68. The highest BCUT2D eigenvalue weighted by Gasteiger charge is 2.32. The number of likely N-dealkylation sites (tertiary alicyclic amines) is 1. The monoisotopic (exact) mass is 455 g/mol. The first-order valence-electron chi connectivity index (χ1n) is 11.0. The van der Waals surface area contributed by atoms with Crippen LogP contribution in [0.2, 0.25) is 0 Å². The van der Waals surface area contributed by atoms with Gasteiger partial charge >= 0.3 is 0 Å². The van der Waals surface area contributed by atoms with Gasteiger partial charge in [-0.05, 0) is 52.8 Å². The molecule has 1 aliphatic rings. The van der Waals surface area contributed by atoms with E-state index in [2.05, 4.69) is 29.4 Å². The Bertz CT molecular complexity index is 1300. The normalized spacial score (nSPS) is 13.7. The van der Waals surface area contributed by atoms with Crippen LogP contribution in [0, 0.1) is 6.92 Å². The van der Waals surface area contributed by atoms with Crippen LogP contribution in [0.3, 0.4) is 0 Å². The molecule has 1 fully saturated rings. The number of benzene rings is 2. The van der Waals surface area contributed by atoms with Gasteiger partial charge in [-0.1, -0.05) is 36.4 Å². The molecule has 0 radical (unpaired) electrons. The summed E-state index contributed by atoms with van der Waals surface area (Å²) in [6.45, 7) is 3.41. The van der Waals surface area contributed by atoms with Gasteiger partial charge in [0, 0.05) is 49.8 Å². The summed E-state index contributed by atoms with van der Waals surface area (Å²) >= 11 is 1.45. The van der Waals surface area contributed by atoms with Gasteiger partial charge in [0.25, 0.3) is 5.91 Å². The van der Waals surface area contributed by atoms with Gasteiger partial charge in [-0.3, -0.25) is 14.3 Å². The summed E-state index contributed by atoms with van der Waals surface area (Å²) in [5, 5.41) is 6.14. The largest absolute Gasteiger partial charge is 0.337 e. The van der Waals surface area contributed by atoms with Gasteiger partial charge in [-0.25, -0.2) is 0 Å². The van der Waals surface area contributed by atoms with Gasteiger partial charge in [0.15, 0.2) is 5.78 Å². The highest BCUT2D eigenvalue weighted by Crippen LogP contribution is 2.30. The van der Waals surface area contributed by atoms with Crippen LogP contribution in [0.25, 0.3) is 11.1 Å². The number of Topliss-reactive ketones (excluding diaryl/α,β-unsaturated/α-hetero) is 1. The molecule has 3 heterocycles. The van der Waals surface area contributed by atoms with Crippen LogP contribution >= 0.6 is 11.3 Å². The lowest BCUT2D eigenvalue weighted by Gasteiger charge is -2.39.